The van der Waals surface area contributed by atoms with Gasteiger partial charge in [-0.25, -0.2) is 4.98 Å². The van der Waals surface area contributed by atoms with E-state index in [1.807, 2.05) is 25.1 Å². The second-order valence-corrected chi connectivity index (χ2v) is 5.84. The summed E-state index contributed by atoms with van der Waals surface area (Å²) in [5.41, 5.74) is 10.1. The molecule has 0 radical (unpaired) electrons. The number of aryl methyl sites for hydroxylation is 1. The third kappa shape index (κ3) is 4.10. The minimum atomic E-state index is 0.557. The minimum absolute atomic E-state index is 0.557. The predicted octanol–water partition coefficient (Wildman–Crippen LogP) is 3.53. The van der Waals surface area contributed by atoms with Crippen LogP contribution in [0, 0.1) is 6.92 Å². The highest BCUT2D eigenvalue weighted by Crippen LogP contribution is 2.19. The molecule has 4 heteroatoms. The zero-order chi connectivity index (χ0) is 16.8. The van der Waals surface area contributed by atoms with Crippen molar-refractivity contribution in [1.29, 1.82) is 0 Å². The zero-order valence-electron chi connectivity index (χ0n) is 14.0. The number of hydrogen-bond acceptors (Lipinski definition) is 3. The van der Waals surface area contributed by atoms with Gasteiger partial charge in [-0.15, -0.1) is 0 Å². The quantitative estimate of drug-likeness (QED) is 0.677. The molecule has 1 heterocycles. The number of nitrogens with two attached hydrogens (primary N) is 1. The van der Waals surface area contributed by atoms with E-state index in [-0.39, 0.29) is 0 Å². The van der Waals surface area contributed by atoms with Gasteiger partial charge in [0.2, 0.25) is 0 Å². The van der Waals surface area contributed by atoms with Gasteiger partial charge < -0.3 is 15.0 Å². The Morgan fingerprint density at radius 3 is 2.46 bits per heavy atom. The summed E-state index contributed by atoms with van der Waals surface area (Å²) in [6.07, 6.45) is 2.07. The van der Waals surface area contributed by atoms with E-state index in [2.05, 4.69) is 52.1 Å². The molecule has 0 aliphatic carbocycles. The number of nitrogens with zero attached hydrogens (tertiary/aromatic N) is 2. The van der Waals surface area contributed by atoms with E-state index >= 15 is 0 Å². The molecule has 0 amide bonds. The monoisotopic (exact) mass is 321 g/mol. The topological polar surface area (TPSA) is 53.1 Å². The number of hydrogen-bond donors (Lipinski definition) is 1. The fourth-order valence-corrected chi connectivity index (χ4v) is 2.66. The third-order valence-electron chi connectivity index (χ3n) is 3.93. The fraction of sp³-hybridized carbons (Fsp3) is 0.250. The van der Waals surface area contributed by atoms with E-state index in [9.17, 15) is 0 Å². The molecule has 0 unspecified atom stereocenters. The van der Waals surface area contributed by atoms with Gasteiger partial charge in [0.05, 0.1) is 18.9 Å². The molecular weight excluding hydrogens is 298 g/mol. The summed E-state index contributed by atoms with van der Waals surface area (Å²) >= 11 is 0. The van der Waals surface area contributed by atoms with Crippen LogP contribution in [0.15, 0.2) is 60.8 Å². The lowest BCUT2D eigenvalue weighted by atomic mass is 10.1. The molecule has 3 rings (SSSR count). The van der Waals surface area contributed by atoms with Gasteiger partial charge in [-0.2, -0.15) is 0 Å². The number of imidazole rings is 1. The molecule has 124 valence electrons. The van der Waals surface area contributed by atoms with E-state index < -0.39 is 0 Å². The number of benzene rings is 2. The van der Waals surface area contributed by atoms with Crippen LogP contribution in [0.2, 0.25) is 0 Å². The molecule has 0 fully saturated rings. The Bertz CT molecular complexity index is 763. The minimum Gasteiger partial charge on any atom is -0.375 e. The average Bonchev–Trinajstić information content (AvgIpc) is 3.00. The Balaban J connectivity index is 1.63. The molecule has 0 saturated carbocycles. The van der Waals surface area contributed by atoms with Gasteiger partial charge in [-0.05, 0) is 18.1 Å². The van der Waals surface area contributed by atoms with Crippen molar-refractivity contribution in [3.63, 3.8) is 0 Å². The van der Waals surface area contributed by atoms with Crippen molar-refractivity contribution in [3.8, 4) is 11.4 Å². The van der Waals surface area contributed by atoms with Gasteiger partial charge in [0, 0.05) is 24.8 Å². The molecule has 0 saturated heterocycles. The predicted molar refractivity (Wildman–Crippen MR) is 96.4 cm³/mol. The molecule has 24 heavy (non-hydrogen) atoms. The second-order valence-electron chi connectivity index (χ2n) is 5.84. The molecule has 2 N–H and O–H groups in total. The SMILES string of the molecule is Cc1cn(CCOCc2ccccc2)c(-c2ccc(CN)cc2)n1. The van der Waals surface area contributed by atoms with Crippen LogP contribution >= 0.6 is 0 Å². The Morgan fingerprint density at radius 2 is 1.75 bits per heavy atom. The first-order chi connectivity index (χ1) is 11.8. The largest absolute Gasteiger partial charge is 0.375 e. The van der Waals surface area contributed by atoms with Crippen molar-refractivity contribution in [2.24, 2.45) is 5.73 Å². The van der Waals surface area contributed by atoms with Crippen molar-refractivity contribution >= 4 is 0 Å². The van der Waals surface area contributed by atoms with Crippen LogP contribution in [0.5, 0.6) is 0 Å². The van der Waals surface area contributed by atoms with Gasteiger partial charge in [0.15, 0.2) is 0 Å². The highest BCUT2D eigenvalue weighted by Gasteiger charge is 2.08. The summed E-state index contributed by atoms with van der Waals surface area (Å²) in [5, 5.41) is 0. The van der Waals surface area contributed by atoms with Crippen LogP contribution in [0.25, 0.3) is 11.4 Å². The second kappa shape index (κ2) is 7.90. The molecule has 0 bridgehead atoms. The lowest BCUT2D eigenvalue weighted by Gasteiger charge is -2.09. The summed E-state index contributed by atoms with van der Waals surface area (Å²) in [7, 11) is 0. The maximum Gasteiger partial charge on any atom is 0.140 e. The highest BCUT2D eigenvalue weighted by molar-refractivity contribution is 5.56. The van der Waals surface area contributed by atoms with Gasteiger partial charge >= 0.3 is 0 Å². The van der Waals surface area contributed by atoms with Crippen LogP contribution in [0.4, 0.5) is 0 Å². The lowest BCUT2D eigenvalue weighted by Crippen LogP contribution is -2.07. The molecule has 3 aromatic rings. The first-order valence-electron chi connectivity index (χ1n) is 8.21. The van der Waals surface area contributed by atoms with Crippen molar-refractivity contribution in [1.82, 2.24) is 9.55 Å². The Kier molecular flexibility index (Phi) is 5.41. The maximum atomic E-state index is 5.80. The standard InChI is InChI=1S/C20H23N3O/c1-16-14-23(11-12-24-15-18-5-3-2-4-6-18)20(22-16)19-9-7-17(13-21)8-10-19/h2-10,14H,11-13,15,21H2,1H3. The van der Waals surface area contributed by atoms with E-state index in [1.165, 1.54) is 5.56 Å². The summed E-state index contributed by atoms with van der Waals surface area (Å²) in [4.78, 5) is 4.65. The van der Waals surface area contributed by atoms with Crippen molar-refractivity contribution in [2.45, 2.75) is 26.6 Å². The molecule has 0 aliphatic heterocycles. The van der Waals surface area contributed by atoms with E-state index in [4.69, 9.17) is 10.5 Å². The summed E-state index contributed by atoms with van der Waals surface area (Å²) in [6, 6.07) is 18.5. The molecule has 0 aliphatic rings. The molecule has 0 atom stereocenters. The smallest absolute Gasteiger partial charge is 0.140 e. The van der Waals surface area contributed by atoms with Crippen LogP contribution in [0.3, 0.4) is 0 Å². The lowest BCUT2D eigenvalue weighted by molar-refractivity contribution is 0.113. The Hall–Kier alpha value is -2.43. The zero-order valence-corrected chi connectivity index (χ0v) is 14.0. The molecule has 4 nitrogen and oxygen atoms in total. The van der Waals surface area contributed by atoms with Crippen LogP contribution in [-0.4, -0.2) is 16.2 Å². The number of rotatable bonds is 7. The fourth-order valence-electron chi connectivity index (χ4n) is 2.66. The Morgan fingerprint density at radius 1 is 1.00 bits per heavy atom. The number of aromatic nitrogens is 2. The Labute approximate surface area is 142 Å². The highest BCUT2D eigenvalue weighted by atomic mass is 16.5. The summed E-state index contributed by atoms with van der Waals surface area (Å²) in [5.74, 6) is 0.972. The van der Waals surface area contributed by atoms with E-state index in [0.717, 1.165) is 29.2 Å². The maximum absolute atomic E-state index is 5.80. The normalized spacial score (nSPS) is 10.9. The molecule has 0 spiro atoms. The first-order valence-corrected chi connectivity index (χ1v) is 8.21. The van der Waals surface area contributed by atoms with Gasteiger partial charge in [0.1, 0.15) is 5.82 Å². The first kappa shape index (κ1) is 16.4. The molecular formula is C20H23N3O. The summed E-state index contributed by atoms with van der Waals surface area (Å²) < 4.78 is 7.95. The van der Waals surface area contributed by atoms with Crippen LogP contribution in [0.1, 0.15) is 16.8 Å². The molecule has 2 aromatic carbocycles. The van der Waals surface area contributed by atoms with Crippen LogP contribution < -0.4 is 5.73 Å². The van der Waals surface area contributed by atoms with Gasteiger partial charge in [-0.1, -0.05) is 54.6 Å². The molecule has 1 aromatic heterocycles. The van der Waals surface area contributed by atoms with Crippen molar-refractivity contribution in [2.75, 3.05) is 6.61 Å². The van der Waals surface area contributed by atoms with Crippen molar-refractivity contribution < 1.29 is 4.74 Å². The van der Waals surface area contributed by atoms with Crippen molar-refractivity contribution in [3.05, 3.63) is 77.6 Å². The summed E-state index contributed by atoms with van der Waals surface area (Å²) in [6.45, 7) is 4.63. The van der Waals surface area contributed by atoms with E-state index in [0.29, 0.717) is 19.8 Å². The van der Waals surface area contributed by atoms with Gasteiger partial charge in [-0.3, -0.25) is 0 Å². The third-order valence-corrected chi connectivity index (χ3v) is 3.93. The average molecular weight is 321 g/mol. The van der Waals surface area contributed by atoms with E-state index in [1.54, 1.807) is 0 Å². The van der Waals surface area contributed by atoms with Gasteiger partial charge in [0.25, 0.3) is 0 Å². The van der Waals surface area contributed by atoms with Crippen LogP contribution in [-0.2, 0) is 24.4 Å². The number of ether oxygens (including phenoxy) is 1.